The zero-order valence-corrected chi connectivity index (χ0v) is 15.9. The zero-order valence-electron chi connectivity index (χ0n) is 14.3. The third-order valence-corrected chi connectivity index (χ3v) is 5.46. The monoisotopic (exact) mass is 401 g/mol. The van der Waals surface area contributed by atoms with Crippen LogP contribution in [0.5, 0.6) is 0 Å². The van der Waals surface area contributed by atoms with E-state index in [1.165, 1.54) is 24.3 Å². The van der Waals surface area contributed by atoms with Crippen LogP contribution in [0.4, 0.5) is 11.5 Å². The lowest BCUT2D eigenvalue weighted by molar-refractivity contribution is 0.102. The molecule has 0 aliphatic rings. The number of rotatable bonds is 5. The van der Waals surface area contributed by atoms with E-state index in [0.717, 1.165) is 5.56 Å². The predicted molar refractivity (Wildman–Crippen MR) is 106 cm³/mol. The summed E-state index contributed by atoms with van der Waals surface area (Å²) in [6.07, 6.45) is 1.57. The molecule has 0 fully saturated rings. The maximum absolute atomic E-state index is 12.6. The zero-order chi connectivity index (χ0) is 19.4. The third kappa shape index (κ3) is 4.45. The van der Waals surface area contributed by atoms with Gasteiger partial charge in [-0.05, 0) is 48.9 Å². The molecule has 27 heavy (non-hydrogen) atoms. The van der Waals surface area contributed by atoms with E-state index in [9.17, 15) is 13.2 Å². The van der Waals surface area contributed by atoms with Crippen LogP contribution >= 0.6 is 11.6 Å². The maximum Gasteiger partial charge on any atom is 0.261 e. The minimum atomic E-state index is -3.90. The number of aromatic nitrogens is 1. The largest absolute Gasteiger partial charge is 0.306 e. The summed E-state index contributed by atoms with van der Waals surface area (Å²) < 4.78 is 27.7. The van der Waals surface area contributed by atoms with E-state index in [1.54, 1.807) is 36.5 Å². The Balaban J connectivity index is 1.85. The first-order valence-electron chi connectivity index (χ1n) is 7.97. The molecule has 0 bridgehead atoms. The Morgan fingerprint density at radius 3 is 2.56 bits per heavy atom. The molecule has 0 saturated heterocycles. The highest BCUT2D eigenvalue weighted by Crippen LogP contribution is 2.24. The fraction of sp³-hybridized carbons (Fsp3) is 0.0526. The lowest BCUT2D eigenvalue weighted by Gasteiger charge is -2.11. The molecule has 0 aliphatic heterocycles. The number of sulfonamides is 1. The first-order valence-corrected chi connectivity index (χ1v) is 9.83. The van der Waals surface area contributed by atoms with Gasteiger partial charge in [0.2, 0.25) is 0 Å². The van der Waals surface area contributed by atoms with Crippen LogP contribution in [0.15, 0.2) is 71.8 Å². The molecular formula is C19H16ClN3O3S. The summed E-state index contributed by atoms with van der Waals surface area (Å²) in [5.74, 6) is -0.0310. The molecule has 0 unspecified atom stereocenters. The molecule has 6 nitrogen and oxygen atoms in total. The van der Waals surface area contributed by atoms with Gasteiger partial charge in [-0.3, -0.25) is 9.52 Å². The van der Waals surface area contributed by atoms with Crippen LogP contribution in [-0.2, 0) is 10.0 Å². The number of nitrogens with zero attached hydrogens (tertiary/aromatic N) is 1. The molecule has 2 N–H and O–H groups in total. The highest BCUT2D eigenvalue weighted by atomic mass is 35.5. The number of anilines is 2. The van der Waals surface area contributed by atoms with Crippen molar-refractivity contribution in [3.8, 4) is 0 Å². The second kappa shape index (κ2) is 7.77. The Morgan fingerprint density at radius 1 is 1.04 bits per heavy atom. The van der Waals surface area contributed by atoms with E-state index in [2.05, 4.69) is 15.0 Å². The van der Waals surface area contributed by atoms with Gasteiger partial charge in [-0.15, -0.1) is 0 Å². The highest BCUT2D eigenvalue weighted by Gasteiger charge is 2.18. The van der Waals surface area contributed by atoms with Gasteiger partial charge < -0.3 is 5.32 Å². The average Bonchev–Trinajstić information content (AvgIpc) is 2.65. The Bertz CT molecular complexity index is 1100. The number of pyridine rings is 1. The van der Waals surface area contributed by atoms with Gasteiger partial charge in [0.25, 0.3) is 15.9 Å². The van der Waals surface area contributed by atoms with E-state index >= 15 is 0 Å². The molecule has 1 amide bonds. The van der Waals surface area contributed by atoms with E-state index < -0.39 is 15.9 Å². The Labute approximate surface area is 162 Å². The second-order valence-electron chi connectivity index (χ2n) is 5.74. The molecule has 1 heterocycles. The molecule has 1 aromatic heterocycles. The van der Waals surface area contributed by atoms with Gasteiger partial charge in [0.1, 0.15) is 5.82 Å². The molecular weight excluding hydrogens is 386 g/mol. The van der Waals surface area contributed by atoms with Crippen LogP contribution in [0, 0.1) is 6.92 Å². The Kier molecular flexibility index (Phi) is 5.43. The van der Waals surface area contributed by atoms with Crippen molar-refractivity contribution in [3.05, 3.63) is 83.0 Å². The summed E-state index contributed by atoms with van der Waals surface area (Å²) in [6, 6.07) is 15.8. The molecule has 0 saturated carbocycles. The maximum atomic E-state index is 12.6. The van der Waals surface area contributed by atoms with E-state index in [-0.39, 0.29) is 21.2 Å². The van der Waals surface area contributed by atoms with E-state index in [1.807, 2.05) is 13.0 Å². The molecule has 8 heteroatoms. The fourth-order valence-electron chi connectivity index (χ4n) is 2.35. The first-order chi connectivity index (χ1) is 12.9. The summed E-state index contributed by atoms with van der Waals surface area (Å²) in [5.41, 5.74) is 1.26. The normalized spacial score (nSPS) is 11.0. The van der Waals surface area contributed by atoms with Crippen LogP contribution in [-0.4, -0.2) is 19.3 Å². The van der Waals surface area contributed by atoms with Crippen molar-refractivity contribution in [2.75, 3.05) is 10.0 Å². The molecule has 0 radical (unpaired) electrons. The summed E-state index contributed by atoms with van der Waals surface area (Å²) in [4.78, 5) is 16.5. The van der Waals surface area contributed by atoms with Crippen molar-refractivity contribution in [1.29, 1.82) is 0 Å². The van der Waals surface area contributed by atoms with Crippen molar-refractivity contribution in [2.24, 2.45) is 0 Å². The molecule has 0 spiro atoms. The second-order valence-corrected chi connectivity index (χ2v) is 7.83. The van der Waals surface area contributed by atoms with Crippen LogP contribution < -0.4 is 10.0 Å². The van der Waals surface area contributed by atoms with Crippen molar-refractivity contribution in [2.45, 2.75) is 11.8 Å². The number of carbonyl (C=O) groups is 1. The van der Waals surface area contributed by atoms with Crippen molar-refractivity contribution < 1.29 is 13.2 Å². The number of para-hydroxylation sites is 1. The number of halogens is 1. The minimum absolute atomic E-state index is 0.0483. The number of amides is 1. The number of benzene rings is 2. The standard InChI is InChI=1S/C19H16ClN3O3S/c1-13-6-5-11-21-18(13)22-19(24)14-7-4-8-15(12-14)27(25,26)23-17-10-3-2-9-16(17)20/h2-12,23H,1H3,(H,21,22,24). The minimum Gasteiger partial charge on any atom is -0.306 e. The summed E-state index contributed by atoms with van der Waals surface area (Å²) in [5, 5.41) is 2.96. The molecule has 138 valence electrons. The van der Waals surface area contributed by atoms with Gasteiger partial charge in [0, 0.05) is 11.8 Å². The lowest BCUT2D eigenvalue weighted by Crippen LogP contribution is -2.17. The summed E-state index contributed by atoms with van der Waals surface area (Å²) in [7, 11) is -3.90. The molecule has 2 aromatic carbocycles. The lowest BCUT2D eigenvalue weighted by atomic mass is 10.2. The van der Waals surface area contributed by atoms with Crippen molar-refractivity contribution in [1.82, 2.24) is 4.98 Å². The van der Waals surface area contributed by atoms with Crippen LogP contribution in [0.1, 0.15) is 15.9 Å². The molecule has 0 atom stereocenters. The molecule has 3 aromatic rings. The average molecular weight is 402 g/mol. The van der Waals surface area contributed by atoms with Gasteiger partial charge in [-0.1, -0.05) is 35.9 Å². The van der Waals surface area contributed by atoms with Crippen molar-refractivity contribution >= 4 is 39.0 Å². The van der Waals surface area contributed by atoms with Gasteiger partial charge >= 0.3 is 0 Å². The number of aryl methyl sites for hydroxylation is 1. The van der Waals surface area contributed by atoms with Crippen LogP contribution in [0.2, 0.25) is 5.02 Å². The van der Waals surface area contributed by atoms with Gasteiger partial charge in [0.15, 0.2) is 0 Å². The van der Waals surface area contributed by atoms with Gasteiger partial charge in [-0.25, -0.2) is 13.4 Å². The molecule has 0 aliphatic carbocycles. The van der Waals surface area contributed by atoms with Crippen molar-refractivity contribution in [3.63, 3.8) is 0 Å². The Morgan fingerprint density at radius 2 is 1.81 bits per heavy atom. The third-order valence-electron chi connectivity index (χ3n) is 3.77. The summed E-state index contributed by atoms with van der Waals surface area (Å²) in [6.45, 7) is 1.82. The number of hydrogen-bond donors (Lipinski definition) is 2. The number of carbonyl (C=O) groups excluding carboxylic acids is 1. The van der Waals surface area contributed by atoms with Crippen LogP contribution in [0.3, 0.4) is 0 Å². The quantitative estimate of drug-likeness (QED) is 0.673. The van der Waals surface area contributed by atoms with E-state index in [4.69, 9.17) is 11.6 Å². The highest BCUT2D eigenvalue weighted by molar-refractivity contribution is 7.92. The SMILES string of the molecule is Cc1cccnc1NC(=O)c1cccc(S(=O)(=O)Nc2ccccc2Cl)c1. The Hall–Kier alpha value is -2.90. The van der Waals surface area contributed by atoms with Gasteiger partial charge in [0.05, 0.1) is 15.6 Å². The molecule has 3 rings (SSSR count). The predicted octanol–water partition coefficient (Wildman–Crippen LogP) is 4.10. The number of hydrogen-bond acceptors (Lipinski definition) is 4. The topological polar surface area (TPSA) is 88.2 Å². The first kappa shape index (κ1) is 18.9. The van der Waals surface area contributed by atoms with Crippen LogP contribution in [0.25, 0.3) is 0 Å². The summed E-state index contributed by atoms with van der Waals surface area (Å²) >= 11 is 6.01. The van der Waals surface area contributed by atoms with E-state index in [0.29, 0.717) is 5.82 Å². The fourth-order valence-corrected chi connectivity index (χ4v) is 3.71. The van der Waals surface area contributed by atoms with Gasteiger partial charge in [-0.2, -0.15) is 0 Å². The smallest absolute Gasteiger partial charge is 0.261 e. The number of nitrogens with one attached hydrogen (secondary N) is 2.